The van der Waals surface area contributed by atoms with Crippen molar-refractivity contribution in [1.29, 1.82) is 0 Å². The van der Waals surface area contributed by atoms with E-state index in [1.165, 1.54) is 12.4 Å². The molecule has 7 heteroatoms. The fourth-order valence-electron chi connectivity index (χ4n) is 2.38. The summed E-state index contributed by atoms with van der Waals surface area (Å²) in [5.41, 5.74) is 2.68. The lowest BCUT2D eigenvalue weighted by Gasteiger charge is -2.10. The minimum Gasteiger partial charge on any atom is -0.339 e. The molecule has 1 N–H and O–H groups in total. The molecule has 0 aliphatic carbocycles. The molecule has 0 aliphatic rings. The maximum absolute atomic E-state index is 12.6. The first-order valence-electron chi connectivity index (χ1n) is 8.58. The Morgan fingerprint density at radius 2 is 2.04 bits per heavy atom. The summed E-state index contributed by atoms with van der Waals surface area (Å²) in [5.74, 6) is 1.20. The molecule has 0 atom stereocenters. The number of carbonyl (C=O) groups is 1. The molecular weight excluding hydrogens is 342 g/mol. The van der Waals surface area contributed by atoms with Crippen LogP contribution in [0.3, 0.4) is 0 Å². The summed E-state index contributed by atoms with van der Waals surface area (Å²) < 4.78 is 6.58. The second-order valence-corrected chi connectivity index (χ2v) is 5.38. The third-order valence-corrected chi connectivity index (χ3v) is 3.69. The zero-order valence-electron chi connectivity index (χ0n) is 16.0. The van der Waals surface area contributed by atoms with Crippen LogP contribution < -0.4 is 5.32 Å². The summed E-state index contributed by atoms with van der Waals surface area (Å²) in [6.45, 7) is 15.0. The molecule has 3 rings (SSSR count). The number of benzene rings is 1. The quantitative estimate of drug-likeness (QED) is 0.699. The van der Waals surface area contributed by atoms with Gasteiger partial charge in [-0.1, -0.05) is 44.3 Å². The molecule has 1 aromatic carbocycles. The van der Waals surface area contributed by atoms with Crippen LogP contribution in [0.5, 0.6) is 0 Å². The van der Waals surface area contributed by atoms with Crippen molar-refractivity contribution in [3.05, 3.63) is 60.5 Å². The summed E-state index contributed by atoms with van der Waals surface area (Å²) in [7, 11) is 0. The fraction of sp³-hybridized carbons (Fsp3) is 0.200. The number of anilines is 1. The SMILES string of the molecule is C=Cc1ncc(C(=O)Nc2cc(-c3noc(C)n3)ccc2C)n1C=C.CC.[HH]. The lowest BCUT2D eigenvalue weighted by molar-refractivity contribution is 0.102. The van der Waals surface area contributed by atoms with Crippen LogP contribution in [-0.2, 0) is 0 Å². The Bertz CT molecular complexity index is 975. The molecule has 1 amide bonds. The first-order valence-corrected chi connectivity index (χ1v) is 8.58. The predicted molar refractivity (Wildman–Crippen MR) is 109 cm³/mol. The molecule has 3 aromatic rings. The second-order valence-electron chi connectivity index (χ2n) is 5.38. The highest BCUT2D eigenvalue weighted by Gasteiger charge is 2.16. The zero-order valence-corrected chi connectivity index (χ0v) is 16.0. The van der Waals surface area contributed by atoms with Gasteiger partial charge in [-0.3, -0.25) is 9.36 Å². The molecule has 142 valence electrons. The van der Waals surface area contributed by atoms with E-state index in [-0.39, 0.29) is 7.33 Å². The van der Waals surface area contributed by atoms with E-state index in [0.717, 1.165) is 11.1 Å². The molecule has 27 heavy (non-hydrogen) atoms. The van der Waals surface area contributed by atoms with Crippen LogP contribution in [0.2, 0.25) is 0 Å². The number of hydrogen-bond acceptors (Lipinski definition) is 5. The predicted octanol–water partition coefficient (Wildman–Crippen LogP) is 4.82. The van der Waals surface area contributed by atoms with Crippen molar-refractivity contribution < 1.29 is 10.7 Å². The van der Waals surface area contributed by atoms with Gasteiger partial charge in [-0.05, 0) is 24.6 Å². The van der Waals surface area contributed by atoms with Crippen molar-refractivity contribution in [3.8, 4) is 11.4 Å². The van der Waals surface area contributed by atoms with E-state index in [0.29, 0.717) is 28.9 Å². The number of nitrogens with one attached hydrogen (secondary N) is 1. The van der Waals surface area contributed by atoms with Crippen LogP contribution in [0, 0.1) is 13.8 Å². The highest BCUT2D eigenvalue weighted by atomic mass is 16.5. The first-order chi connectivity index (χ1) is 13.0. The maximum Gasteiger partial charge on any atom is 0.274 e. The third kappa shape index (κ3) is 4.20. The van der Waals surface area contributed by atoms with E-state index >= 15 is 0 Å². The molecule has 0 radical (unpaired) electrons. The van der Waals surface area contributed by atoms with Crippen molar-refractivity contribution in [2.45, 2.75) is 27.7 Å². The Morgan fingerprint density at radius 1 is 1.30 bits per heavy atom. The molecule has 0 unspecified atom stereocenters. The van der Waals surface area contributed by atoms with Gasteiger partial charge in [0.2, 0.25) is 11.7 Å². The van der Waals surface area contributed by atoms with Crippen LogP contribution in [0.1, 0.15) is 43.0 Å². The number of imidazole rings is 1. The standard InChI is InChI=1S/C18H17N5O2.C2H6.H2/c1-5-16-19-10-15(23(16)6-2)18(24)21-14-9-13(8-7-11(14)3)17-20-12(4)25-22-17;1-2;/h5-10H,1-2H2,3-4H3,(H,21,24);1-2H3;1H. The van der Waals surface area contributed by atoms with E-state index in [9.17, 15) is 4.79 Å². The molecule has 0 fully saturated rings. The van der Waals surface area contributed by atoms with Gasteiger partial charge in [-0.15, -0.1) is 0 Å². The zero-order chi connectivity index (χ0) is 20.0. The lowest BCUT2D eigenvalue weighted by Crippen LogP contribution is -2.16. The average Bonchev–Trinajstić information content (AvgIpc) is 3.30. The summed E-state index contributed by atoms with van der Waals surface area (Å²) >= 11 is 0. The number of aromatic nitrogens is 4. The van der Waals surface area contributed by atoms with Gasteiger partial charge < -0.3 is 9.84 Å². The fourth-order valence-corrected chi connectivity index (χ4v) is 2.38. The van der Waals surface area contributed by atoms with Gasteiger partial charge in [0.1, 0.15) is 11.5 Å². The number of nitrogens with zero attached hydrogens (tertiary/aromatic N) is 4. The number of hydrogen-bond donors (Lipinski definition) is 1. The van der Waals surface area contributed by atoms with Crippen molar-refractivity contribution in [1.82, 2.24) is 19.7 Å². The molecule has 0 saturated heterocycles. The first kappa shape index (κ1) is 19.8. The van der Waals surface area contributed by atoms with Gasteiger partial charge in [0, 0.05) is 25.8 Å². The highest BCUT2D eigenvalue weighted by molar-refractivity contribution is 6.04. The Balaban J connectivity index is 0.00000127. The van der Waals surface area contributed by atoms with E-state index in [4.69, 9.17) is 4.52 Å². The Morgan fingerprint density at radius 3 is 2.63 bits per heavy atom. The van der Waals surface area contributed by atoms with Crippen LogP contribution in [-0.4, -0.2) is 25.6 Å². The minimum atomic E-state index is -0.301. The van der Waals surface area contributed by atoms with Gasteiger partial charge in [-0.2, -0.15) is 4.98 Å². The van der Waals surface area contributed by atoms with Crippen LogP contribution >= 0.6 is 0 Å². The normalized spacial score (nSPS) is 9.93. The summed E-state index contributed by atoms with van der Waals surface area (Å²) in [6, 6.07) is 5.57. The van der Waals surface area contributed by atoms with Crippen LogP contribution in [0.4, 0.5) is 5.69 Å². The number of aryl methyl sites for hydroxylation is 2. The molecule has 0 saturated carbocycles. The van der Waals surface area contributed by atoms with Crippen LogP contribution in [0.25, 0.3) is 23.7 Å². The number of carbonyl (C=O) groups excluding carboxylic acids is 1. The maximum atomic E-state index is 12.6. The summed E-state index contributed by atoms with van der Waals surface area (Å²) in [5, 5.41) is 6.79. The van der Waals surface area contributed by atoms with Gasteiger partial charge in [0.15, 0.2) is 0 Å². The van der Waals surface area contributed by atoms with Crippen molar-refractivity contribution in [2.75, 3.05) is 5.32 Å². The van der Waals surface area contributed by atoms with Gasteiger partial charge in [0.25, 0.3) is 5.91 Å². The molecule has 2 aromatic heterocycles. The number of rotatable bonds is 5. The lowest BCUT2D eigenvalue weighted by atomic mass is 10.1. The van der Waals surface area contributed by atoms with Crippen LogP contribution in [0.15, 0.2) is 42.1 Å². The smallest absolute Gasteiger partial charge is 0.274 e. The molecule has 0 aliphatic heterocycles. The Labute approximate surface area is 159 Å². The molecular formula is C20H25N5O2. The topological polar surface area (TPSA) is 85.8 Å². The summed E-state index contributed by atoms with van der Waals surface area (Å²) in [4.78, 5) is 21.0. The molecule has 0 bridgehead atoms. The second kappa shape index (κ2) is 8.75. The highest BCUT2D eigenvalue weighted by Crippen LogP contribution is 2.24. The van der Waals surface area contributed by atoms with Crippen molar-refractivity contribution in [2.24, 2.45) is 0 Å². The van der Waals surface area contributed by atoms with E-state index < -0.39 is 0 Å². The average molecular weight is 367 g/mol. The summed E-state index contributed by atoms with van der Waals surface area (Å²) in [6.07, 6.45) is 4.56. The molecule has 2 heterocycles. The van der Waals surface area contributed by atoms with E-state index in [2.05, 4.69) is 33.6 Å². The Hall–Kier alpha value is -3.48. The van der Waals surface area contributed by atoms with Gasteiger partial charge in [0.05, 0.1) is 6.20 Å². The van der Waals surface area contributed by atoms with Crippen molar-refractivity contribution in [3.63, 3.8) is 0 Å². The van der Waals surface area contributed by atoms with Gasteiger partial charge >= 0.3 is 0 Å². The van der Waals surface area contributed by atoms with Gasteiger partial charge in [-0.25, -0.2) is 4.98 Å². The minimum absolute atomic E-state index is 0. The monoisotopic (exact) mass is 367 g/mol. The molecule has 7 nitrogen and oxygen atoms in total. The van der Waals surface area contributed by atoms with Crippen molar-refractivity contribution >= 4 is 23.9 Å². The van der Waals surface area contributed by atoms with E-state index in [1.54, 1.807) is 23.6 Å². The molecule has 0 spiro atoms. The largest absolute Gasteiger partial charge is 0.339 e. The number of amides is 1. The third-order valence-electron chi connectivity index (χ3n) is 3.69. The Kier molecular flexibility index (Phi) is 6.43. The van der Waals surface area contributed by atoms with E-state index in [1.807, 2.05) is 32.9 Å².